The van der Waals surface area contributed by atoms with Gasteiger partial charge in [0.15, 0.2) is 0 Å². The van der Waals surface area contributed by atoms with Gasteiger partial charge in [0.25, 0.3) is 0 Å². The van der Waals surface area contributed by atoms with Crippen molar-refractivity contribution >= 4 is 27.9 Å². The van der Waals surface area contributed by atoms with Gasteiger partial charge in [0.05, 0.1) is 12.2 Å². The summed E-state index contributed by atoms with van der Waals surface area (Å²) in [5.74, 6) is -2.19. The fraction of sp³-hybridized carbons (Fsp3) is 0.125. The lowest BCUT2D eigenvalue weighted by Gasteiger charge is -2.10. The first-order valence-electron chi connectivity index (χ1n) is 6.46. The molecule has 6 heteroatoms. The Labute approximate surface area is 135 Å². The standard InChI is InChI=1S/C16H12BrFO4/c1-2-21-15(19)12-9-10(17)7-8-14(12)22-16(20)11-5-3-4-6-13(11)18/h3-9H,2H2,1H3. The third-order valence-electron chi connectivity index (χ3n) is 2.73. The summed E-state index contributed by atoms with van der Waals surface area (Å²) in [7, 11) is 0. The summed E-state index contributed by atoms with van der Waals surface area (Å²) in [6, 6.07) is 9.97. The topological polar surface area (TPSA) is 52.6 Å². The lowest BCUT2D eigenvalue weighted by molar-refractivity contribution is 0.0520. The zero-order valence-electron chi connectivity index (χ0n) is 11.6. The normalized spacial score (nSPS) is 10.1. The van der Waals surface area contributed by atoms with E-state index >= 15 is 0 Å². The molecule has 0 radical (unpaired) electrons. The van der Waals surface area contributed by atoms with E-state index in [1.807, 2.05) is 0 Å². The van der Waals surface area contributed by atoms with Crippen molar-refractivity contribution in [3.63, 3.8) is 0 Å². The average molecular weight is 367 g/mol. The minimum atomic E-state index is -0.883. The Kier molecular flexibility index (Phi) is 5.27. The molecule has 0 spiro atoms. The number of rotatable bonds is 4. The molecule has 22 heavy (non-hydrogen) atoms. The Hall–Kier alpha value is -2.21. The van der Waals surface area contributed by atoms with Crippen LogP contribution < -0.4 is 4.74 Å². The highest BCUT2D eigenvalue weighted by Gasteiger charge is 2.19. The predicted molar refractivity (Wildman–Crippen MR) is 81.5 cm³/mol. The van der Waals surface area contributed by atoms with Gasteiger partial charge in [-0.1, -0.05) is 28.1 Å². The van der Waals surface area contributed by atoms with Gasteiger partial charge >= 0.3 is 11.9 Å². The van der Waals surface area contributed by atoms with Crippen LogP contribution in [0.4, 0.5) is 4.39 Å². The molecule has 0 atom stereocenters. The van der Waals surface area contributed by atoms with E-state index in [9.17, 15) is 14.0 Å². The van der Waals surface area contributed by atoms with Gasteiger partial charge in [-0.2, -0.15) is 0 Å². The van der Waals surface area contributed by atoms with Crippen LogP contribution in [0.2, 0.25) is 0 Å². The number of carbonyl (C=O) groups excluding carboxylic acids is 2. The molecule has 0 fully saturated rings. The van der Waals surface area contributed by atoms with Gasteiger partial charge in [0, 0.05) is 4.47 Å². The Bertz CT molecular complexity index is 715. The van der Waals surface area contributed by atoms with Crippen LogP contribution >= 0.6 is 15.9 Å². The van der Waals surface area contributed by atoms with E-state index in [1.165, 1.54) is 30.3 Å². The molecule has 0 amide bonds. The first kappa shape index (κ1) is 16.2. The van der Waals surface area contributed by atoms with Crippen molar-refractivity contribution in [1.29, 1.82) is 0 Å². The van der Waals surface area contributed by atoms with E-state index < -0.39 is 17.8 Å². The first-order chi connectivity index (χ1) is 10.5. The molecule has 2 rings (SSSR count). The SMILES string of the molecule is CCOC(=O)c1cc(Br)ccc1OC(=O)c1ccccc1F. The number of carbonyl (C=O) groups is 2. The third kappa shape index (κ3) is 3.71. The Morgan fingerprint density at radius 3 is 2.50 bits per heavy atom. The molecule has 114 valence electrons. The maximum atomic E-state index is 13.6. The second kappa shape index (κ2) is 7.17. The van der Waals surface area contributed by atoms with Gasteiger partial charge in [-0.3, -0.25) is 0 Å². The molecule has 0 saturated heterocycles. The predicted octanol–water partition coefficient (Wildman–Crippen LogP) is 3.98. The van der Waals surface area contributed by atoms with E-state index in [0.29, 0.717) is 4.47 Å². The van der Waals surface area contributed by atoms with Crippen molar-refractivity contribution in [3.8, 4) is 5.75 Å². The first-order valence-corrected chi connectivity index (χ1v) is 7.25. The number of halogens is 2. The Balaban J connectivity index is 2.31. The van der Waals surface area contributed by atoms with Crippen molar-refractivity contribution in [1.82, 2.24) is 0 Å². The van der Waals surface area contributed by atoms with Gasteiger partial charge in [0.1, 0.15) is 17.1 Å². The van der Waals surface area contributed by atoms with Crippen molar-refractivity contribution in [3.05, 3.63) is 63.9 Å². The Morgan fingerprint density at radius 2 is 1.82 bits per heavy atom. The van der Waals surface area contributed by atoms with Gasteiger partial charge in [-0.05, 0) is 37.3 Å². The zero-order chi connectivity index (χ0) is 16.1. The second-order valence-electron chi connectivity index (χ2n) is 4.23. The molecule has 0 saturated carbocycles. The number of esters is 2. The summed E-state index contributed by atoms with van der Waals surface area (Å²) in [5, 5.41) is 0. The van der Waals surface area contributed by atoms with Crippen LogP contribution in [-0.2, 0) is 4.74 Å². The number of benzene rings is 2. The third-order valence-corrected chi connectivity index (χ3v) is 3.23. The van der Waals surface area contributed by atoms with Crippen LogP contribution in [-0.4, -0.2) is 18.5 Å². The highest BCUT2D eigenvalue weighted by atomic mass is 79.9. The minimum absolute atomic E-state index is 0.00917. The highest BCUT2D eigenvalue weighted by Crippen LogP contribution is 2.25. The van der Waals surface area contributed by atoms with Crippen LogP contribution in [0.1, 0.15) is 27.6 Å². The summed E-state index contributed by atoms with van der Waals surface area (Å²) in [4.78, 5) is 23.9. The Morgan fingerprint density at radius 1 is 1.09 bits per heavy atom. The lowest BCUT2D eigenvalue weighted by atomic mass is 10.2. The van der Waals surface area contributed by atoms with E-state index in [1.54, 1.807) is 13.0 Å². The van der Waals surface area contributed by atoms with Crippen LogP contribution in [0.5, 0.6) is 5.75 Å². The van der Waals surface area contributed by atoms with E-state index in [2.05, 4.69) is 15.9 Å². The summed E-state index contributed by atoms with van der Waals surface area (Å²) < 4.78 is 24.3. The summed E-state index contributed by atoms with van der Waals surface area (Å²) in [5.41, 5.74) is -0.124. The number of hydrogen-bond acceptors (Lipinski definition) is 4. The van der Waals surface area contributed by atoms with Gasteiger partial charge < -0.3 is 9.47 Å². The molecule has 2 aromatic rings. The van der Waals surface area contributed by atoms with Crippen molar-refractivity contribution in [2.75, 3.05) is 6.61 Å². The fourth-order valence-electron chi connectivity index (χ4n) is 1.74. The number of hydrogen-bond donors (Lipinski definition) is 0. The van der Waals surface area contributed by atoms with Crippen LogP contribution in [0.15, 0.2) is 46.9 Å². The summed E-state index contributed by atoms with van der Waals surface area (Å²) >= 11 is 3.23. The van der Waals surface area contributed by atoms with E-state index in [-0.39, 0.29) is 23.5 Å². The maximum Gasteiger partial charge on any atom is 0.346 e. The summed E-state index contributed by atoms with van der Waals surface area (Å²) in [6.45, 7) is 1.85. The molecule has 0 bridgehead atoms. The van der Waals surface area contributed by atoms with Crippen molar-refractivity contribution in [2.24, 2.45) is 0 Å². The molecule has 2 aromatic carbocycles. The molecule has 0 unspecified atom stereocenters. The fourth-order valence-corrected chi connectivity index (χ4v) is 2.10. The largest absolute Gasteiger partial charge is 0.462 e. The quantitative estimate of drug-likeness (QED) is 0.606. The van der Waals surface area contributed by atoms with Crippen molar-refractivity contribution < 1.29 is 23.5 Å². The van der Waals surface area contributed by atoms with Gasteiger partial charge in [-0.15, -0.1) is 0 Å². The maximum absolute atomic E-state index is 13.6. The lowest BCUT2D eigenvalue weighted by Crippen LogP contribution is -2.14. The van der Waals surface area contributed by atoms with Crippen molar-refractivity contribution in [2.45, 2.75) is 6.92 Å². The molecule has 0 aliphatic rings. The average Bonchev–Trinajstić information content (AvgIpc) is 2.49. The number of ether oxygens (including phenoxy) is 2. The van der Waals surface area contributed by atoms with E-state index in [4.69, 9.17) is 9.47 Å². The zero-order valence-corrected chi connectivity index (χ0v) is 13.2. The molecule has 0 N–H and O–H groups in total. The molecular weight excluding hydrogens is 355 g/mol. The minimum Gasteiger partial charge on any atom is -0.462 e. The van der Waals surface area contributed by atoms with E-state index in [0.717, 1.165) is 6.07 Å². The van der Waals surface area contributed by atoms with Crippen LogP contribution in [0.25, 0.3) is 0 Å². The molecule has 0 heterocycles. The monoisotopic (exact) mass is 366 g/mol. The highest BCUT2D eigenvalue weighted by molar-refractivity contribution is 9.10. The second-order valence-corrected chi connectivity index (χ2v) is 5.15. The van der Waals surface area contributed by atoms with Gasteiger partial charge in [-0.25, -0.2) is 14.0 Å². The molecular formula is C16H12BrFO4. The van der Waals surface area contributed by atoms with Gasteiger partial charge in [0.2, 0.25) is 0 Å². The molecule has 0 aromatic heterocycles. The van der Waals surface area contributed by atoms with Crippen LogP contribution in [0, 0.1) is 5.82 Å². The van der Waals surface area contributed by atoms with Crippen LogP contribution in [0.3, 0.4) is 0 Å². The molecule has 0 aliphatic heterocycles. The molecule has 4 nitrogen and oxygen atoms in total. The smallest absolute Gasteiger partial charge is 0.346 e. The molecule has 0 aliphatic carbocycles. The summed E-state index contributed by atoms with van der Waals surface area (Å²) in [6.07, 6.45) is 0.